The molecule has 1 aromatic carbocycles. The van der Waals surface area contributed by atoms with Crippen LogP contribution in [0.5, 0.6) is 0 Å². The summed E-state index contributed by atoms with van der Waals surface area (Å²) in [5.74, 6) is 0.579. The molecule has 2 aliphatic carbocycles. The van der Waals surface area contributed by atoms with E-state index in [0.717, 1.165) is 63.5 Å². The van der Waals surface area contributed by atoms with Crippen LogP contribution in [0.1, 0.15) is 51.9 Å². The van der Waals surface area contributed by atoms with Gasteiger partial charge in [0.15, 0.2) is 0 Å². The summed E-state index contributed by atoms with van der Waals surface area (Å²) in [6.07, 6.45) is 6.84. The summed E-state index contributed by atoms with van der Waals surface area (Å²) < 4.78 is 0. The number of hydrogen-bond acceptors (Lipinski definition) is 4. The Labute approximate surface area is 189 Å². The van der Waals surface area contributed by atoms with Crippen LogP contribution in [-0.2, 0) is 4.79 Å². The van der Waals surface area contributed by atoms with Crippen molar-refractivity contribution in [3.8, 4) is 0 Å². The highest BCUT2D eigenvalue weighted by Gasteiger charge is 2.48. The van der Waals surface area contributed by atoms with Gasteiger partial charge < -0.3 is 15.3 Å². The van der Waals surface area contributed by atoms with Crippen LogP contribution >= 0.6 is 23.2 Å². The van der Waals surface area contributed by atoms with E-state index in [9.17, 15) is 9.90 Å². The first-order valence-corrected chi connectivity index (χ1v) is 12.1. The van der Waals surface area contributed by atoms with Gasteiger partial charge in [0.1, 0.15) is 5.60 Å². The number of rotatable bonds is 6. The lowest BCUT2D eigenvalue weighted by atomic mass is 9.84. The zero-order valence-corrected chi connectivity index (χ0v) is 19.3. The Morgan fingerprint density at radius 1 is 1.20 bits per heavy atom. The third-order valence-electron chi connectivity index (χ3n) is 7.13. The van der Waals surface area contributed by atoms with Gasteiger partial charge in [-0.05, 0) is 76.5 Å². The second kappa shape index (κ2) is 9.23. The van der Waals surface area contributed by atoms with Crippen molar-refractivity contribution in [2.45, 2.75) is 69.6 Å². The lowest BCUT2D eigenvalue weighted by Crippen LogP contribution is -2.52. The summed E-state index contributed by atoms with van der Waals surface area (Å²) in [4.78, 5) is 17.0. The first-order valence-electron chi connectivity index (χ1n) is 11.3. The van der Waals surface area contributed by atoms with Crippen molar-refractivity contribution in [2.24, 2.45) is 5.92 Å². The number of nitrogens with one attached hydrogen (secondary N) is 1. The average molecular weight is 454 g/mol. The van der Waals surface area contributed by atoms with Crippen LogP contribution in [0.3, 0.4) is 0 Å². The largest absolute Gasteiger partial charge is 0.380 e. The van der Waals surface area contributed by atoms with Crippen molar-refractivity contribution in [3.63, 3.8) is 0 Å². The molecule has 0 unspecified atom stereocenters. The second-order valence-corrected chi connectivity index (χ2v) is 10.2. The molecule has 3 aliphatic rings. The van der Waals surface area contributed by atoms with E-state index in [1.807, 2.05) is 12.1 Å². The Morgan fingerprint density at radius 2 is 1.93 bits per heavy atom. The summed E-state index contributed by atoms with van der Waals surface area (Å²) in [5.41, 5.74) is -0.0158. The molecule has 1 heterocycles. The fourth-order valence-electron chi connectivity index (χ4n) is 4.93. The Morgan fingerprint density at radius 3 is 2.60 bits per heavy atom. The fraction of sp³-hybridized carbons (Fsp3) is 0.696. The smallest absolute Gasteiger partial charge is 0.252 e. The lowest BCUT2D eigenvalue weighted by Gasteiger charge is -2.42. The standard InChI is InChI=1S/C23H33Cl2N3O2/c1-16-15-27(13-14-28(16)20-4-2-3-19(24)21(20)25)12-9-17-5-7-18(8-6-17)26-22(29)23(30)10-11-23/h2-4,16-18,30H,5-15H2,1H3,(H,26,29)/t16-,17?,18?/m1/s1. The second-order valence-electron chi connectivity index (χ2n) is 9.43. The molecule has 1 aliphatic heterocycles. The molecule has 2 N–H and O–H groups in total. The van der Waals surface area contributed by atoms with Crippen LogP contribution < -0.4 is 10.2 Å². The average Bonchev–Trinajstić information content (AvgIpc) is 3.49. The molecule has 3 fully saturated rings. The molecular weight excluding hydrogens is 421 g/mol. The molecule has 4 rings (SSSR count). The molecule has 2 saturated carbocycles. The van der Waals surface area contributed by atoms with Crippen LogP contribution in [0.15, 0.2) is 18.2 Å². The number of halogens is 2. The molecule has 1 aromatic rings. The first-order chi connectivity index (χ1) is 14.4. The van der Waals surface area contributed by atoms with Crippen molar-refractivity contribution >= 4 is 34.8 Å². The third kappa shape index (κ3) is 5.07. The van der Waals surface area contributed by atoms with Gasteiger partial charge in [0, 0.05) is 31.7 Å². The monoisotopic (exact) mass is 453 g/mol. The molecule has 0 spiro atoms. The summed E-state index contributed by atoms with van der Waals surface area (Å²) >= 11 is 12.6. The molecule has 0 radical (unpaired) electrons. The van der Waals surface area contributed by atoms with Crippen molar-refractivity contribution in [2.75, 3.05) is 31.1 Å². The number of nitrogens with zero attached hydrogens (tertiary/aromatic N) is 2. The summed E-state index contributed by atoms with van der Waals surface area (Å²) in [6.45, 7) is 6.42. The molecule has 166 valence electrons. The first kappa shape index (κ1) is 22.2. The van der Waals surface area contributed by atoms with Crippen molar-refractivity contribution in [1.29, 1.82) is 0 Å². The minimum absolute atomic E-state index is 0.155. The van der Waals surface area contributed by atoms with Gasteiger partial charge in [-0.3, -0.25) is 9.69 Å². The maximum atomic E-state index is 12.0. The van der Waals surface area contributed by atoms with Gasteiger partial charge in [-0.2, -0.15) is 0 Å². The Kier molecular flexibility index (Phi) is 6.83. The predicted molar refractivity (Wildman–Crippen MR) is 122 cm³/mol. The minimum atomic E-state index is -1.05. The van der Waals surface area contributed by atoms with Gasteiger partial charge in [-0.1, -0.05) is 29.3 Å². The molecular formula is C23H33Cl2N3O2. The SMILES string of the molecule is C[C@@H]1CN(CCC2CCC(NC(=O)C3(O)CC3)CC2)CCN1c1cccc(Cl)c1Cl. The summed E-state index contributed by atoms with van der Waals surface area (Å²) in [6, 6.07) is 6.49. The van der Waals surface area contributed by atoms with Crippen LogP contribution in [0.4, 0.5) is 5.69 Å². The highest BCUT2D eigenvalue weighted by Crippen LogP contribution is 2.36. The zero-order chi connectivity index (χ0) is 21.3. The van der Waals surface area contributed by atoms with Gasteiger partial charge in [0.25, 0.3) is 5.91 Å². The summed E-state index contributed by atoms with van der Waals surface area (Å²) in [5, 5.41) is 14.2. The number of hydrogen-bond donors (Lipinski definition) is 2. The van der Waals surface area contributed by atoms with Crippen molar-refractivity contribution < 1.29 is 9.90 Å². The number of anilines is 1. The number of carbonyl (C=O) groups is 1. The molecule has 1 amide bonds. The number of benzene rings is 1. The van der Waals surface area contributed by atoms with Gasteiger partial charge in [-0.25, -0.2) is 0 Å². The van der Waals surface area contributed by atoms with E-state index in [4.69, 9.17) is 23.2 Å². The maximum Gasteiger partial charge on any atom is 0.252 e. The van der Waals surface area contributed by atoms with E-state index in [1.54, 1.807) is 0 Å². The molecule has 0 bridgehead atoms. The Bertz CT molecular complexity index is 763. The highest BCUT2D eigenvalue weighted by molar-refractivity contribution is 6.43. The third-order valence-corrected chi connectivity index (χ3v) is 7.94. The van der Waals surface area contributed by atoms with E-state index < -0.39 is 5.60 Å². The Hall–Kier alpha value is -1.01. The number of amides is 1. The van der Waals surface area contributed by atoms with Crippen LogP contribution in [0, 0.1) is 5.92 Å². The number of aliphatic hydroxyl groups is 1. The van der Waals surface area contributed by atoms with E-state index >= 15 is 0 Å². The normalized spacial score (nSPS) is 28.9. The van der Waals surface area contributed by atoms with Gasteiger partial charge in [0.05, 0.1) is 15.7 Å². The van der Waals surface area contributed by atoms with Gasteiger partial charge >= 0.3 is 0 Å². The molecule has 5 nitrogen and oxygen atoms in total. The quantitative estimate of drug-likeness (QED) is 0.680. The van der Waals surface area contributed by atoms with E-state index in [2.05, 4.69) is 28.1 Å². The molecule has 1 saturated heterocycles. The Balaban J connectivity index is 1.19. The van der Waals surface area contributed by atoms with Crippen LogP contribution in [-0.4, -0.2) is 59.8 Å². The van der Waals surface area contributed by atoms with Crippen LogP contribution in [0.2, 0.25) is 10.0 Å². The van der Waals surface area contributed by atoms with Gasteiger partial charge in [-0.15, -0.1) is 0 Å². The zero-order valence-electron chi connectivity index (χ0n) is 17.7. The number of piperazine rings is 1. The maximum absolute atomic E-state index is 12.0. The molecule has 1 atom stereocenters. The van der Waals surface area contributed by atoms with Crippen molar-refractivity contribution in [1.82, 2.24) is 10.2 Å². The van der Waals surface area contributed by atoms with Gasteiger partial charge in [0.2, 0.25) is 0 Å². The predicted octanol–water partition coefficient (Wildman–Crippen LogP) is 4.09. The van der Waals surface area contributed by atoms with Crippen LogP contribution in [0.25, 0.3) is 0 Å². The fourth-order valence-corrected chi connectivity index (χ4v) is 5.34. The van der Waals surface area contributed by atoms with Crippen molar-refractivity contribution in [3.05, 3.63) is 28.2 Å². The molecule has 30 heavy (non-hydrogen) atoms. The number of carbonyl (C=O) groups excluding carboxylic acids is 1. The topological polar surface area (TPSA) is 55.8 Å². The molecule has 7 heteroatoms. The summed E-state index contributed by atoms with van der Waals surface area (Å²) in [7, 11) is 0. The minimum Gasteiger partial charge on any atom is -0.380 e. The highest BCUT2D eigenvalue weighted by atomic mass is 35.5. The molecule has 0 aromatic heterocycles. The van der Waals surface area contributed by atoms with E-state index in [0.29, 0.717) is 28.9 Å². The van der Waals surface area contributed by atoms with E-state index in [1.165, 1.54) is 6.42 Å². The van der Waals surface area contributed by atoms with E-state index in [-0.39, 0.29) is 11.9 Å². The lowest BCUT2D eigenvalue weighted by molar-refractivity contribution is -0.132.